The zero-order chi connectivity index (χ0) is 24.6. The summed E-state index contributed by atoms with van der Waals surface area (Å²) in [5, 5.41) is 19.4. The van der Waals surface area contributed by atoms with Crippen molar-refractivity contribution in [2.75, 3.05) is 14.2 Å². The average Bonchev–Trinajstić information content (AvgIpc) is 2.89. The second kappa shape index (κ2) is 10.9. The number of methoxy groups -OCH3 is 2. The predicted molar refractivity (Wildman–Crippen MR) is 137 cm³/mol. The van der Waals surface area contributed by atoms with Crippen LogP contribution in [-0.4, -0.2) is 36.9 Å². The third-order valence-corrected chi connectivity index (χ3v) is 5.04. The highest BCUT2D eigenvalue weighted by Gasteiger charge is 2.03. The molecule has 0 radical (unpaired) electrons. The number of hydrogen-bond donors (Lipinski definition) is 2. The molecule has 7 nitrogen and oxygen atoms in total. The molecule has 4 aromatic rings. The molecule has 0 fully saturated rings. The van der Waals surface area contributed by atoms with Gasteiger partial charge in [-0.05, 0) is 96.1 Å². The highest BCUT2D eigenvalue weighted by Crippen LogP contribution is 2.28. The molecule has 4 aromatic carbocycles. The number of rotatable bonds is 8. The van der Waals surface area contributed by atoms with Gasteiger partial charge in [-0.3, -0.25) is 9.98 Å². The van der Waals surface area contributed by atoms with Crippen LogP contribution in [0.1, 0.15) is 11.1 Å². The summed E-state index contributed by atoms with van der Waals surface area (Å²) >= 11 is 0. The van der Waals surface area contributed by atoms with E-state index >= 15 is 0 Å². The first kappa shape index (κ1) is 23.4. The van der Waals surface area contributed by atoms with Crippen LogP contribution in [0.2, 0.25) is 0 Å². The number of phenolic OH excluding ortho intramolecular Hbond substituents is 2. The van der Waals surface area contributed by atoms with Gasteiger partial charge in [0.15, 0.2) is 23.0 Å². The van der Waals surface area contributed by atoms with Crippen LogP contribution in [0, 0.1) is 0 Å². The zero-order valence-corrected chi connectivity index (χ0v) is 19.3. The minimum atomic E-state index is 0.0870. The smallest absolute Gasteiger partial charge is 0.161 e. The Balaban J connectivity index is 1.36. The van der Waals surface area contributed by atoms with Crippen LogP contribution in [-0.2, 0) is 0 Å². The standard InChI is InChI=1S/C28H24N2O5/c1-33-27-15-19(3-13-25(27)31)17-29-21-5-9-23(10-6-21)35-24-11-7-22(8-12-24)30-18-20-4-14-26(32)28(16-20)34-2/h3-18,31-32H,1-2H3. The maximum absolute atomic E-state index is 9.69. The number of nitrogens with zero attached hydrogens (tertiary/aromatic N) is 2. The topological polar surface area (TPSA) is 92.9 Å². The first-order chi connectivity index (χ1) is 17.0. The lowest BCUT2D eigenvalue weighted by atomic mass is 10.2. The van der Waals surface area contributed by atoms with E-state index in [1.165, 1.54) is 14.2 Å². The lowest BCUT2D eigenvalue weighted by Crippen LogP contribution is -1.87. The van der Waals surface area contributed by atoms with Crippen molar-refractivity contribution in [3.8, 4) is 34.5 Å². The molecule has 2 N–H and O–H groups in total. The van der Waals surface area contributed by atoms with Gasteiger partial charge in [0.1, 0.15) is 11.5 Å². The Morgan fingerprint density at radius 2 is 0.971 bits per heavy atom. The molecule has 0 saturated carbocycles. The Bertz CT molecular complexity index is 1240. The van der Waals surface area contributed by atoms with Gasteiger partial charge in [-0.15, -0.1) is 0 Å². The van der Waals surface area contributed by atoms with Gasteiger partial charge in [-0.25, -0.2) is 0 Å². The summed E-state index contributed by atoms with van der Waals surface area (Å²) in [7, 11) is 3.01. The number of aliphatic imine (C=N–C) groups is 2. The van der Waals surface area contributed by atoms with Crippen molar-refractivity contribution in [3.63, 3.8) is 0 Å². The van der Waals surface area contributed by atoms with Crippen molar-refractivity contribution < 1.29 is 24.4 Å². The first-order valence-electron chi connectivity index (χ1n) is 10.7. The van der Waals surface area contributed by atoms with Gasteiger partial charge in [0.25, 0.3) is 0 Å². The molecule has 0 aliphatic carbocycles. The second-order valence-corrected chi connectivity index (χ2v) is 7.47. The van der Waals surface area contributed by atoms with Gasteiger partial charge in [0.2, 0.25) is 0 Å². The average molecular weight is 469 g/mol. The fourth-order valence-corrected chi connectivity index (χ4v) is 3.18. The normalized spacial score (nSPS) is 11.1. The molecule has 0 heterocycles. The van der Waals surface area contributed by atoms with E-state index in [-0.39, 0.29) is 11.5 Å². The van der Waals surface area contributed by atoms with E-state index in [4.69, 9.17) is 14.2 Å². The van der Waals surface area contributed by atoms with Crippen LogP contribution in [0.5, 0.6) is 34.5 Å². The molecule has 176 valence electrons. The summed E-state index contributed by atoms with van der Waals surface area (Å²) in [5.74, 6) is 2.34. The van der Waals surface area contributed by atoms with Crippen molar-refractivity contribution in [3.05, 3.63) is 96.1 Å². The Kier molecular flexibility index (Phi) is 7.28. The molecule has 35 heavy (non-hydrogen) atoms. The van der Waals surface area contributed by atoms with Crippen LogP contribution in [0.25, 0.3) is 0 Å². The second-order valence-electron chi connectivity index (χ2n) is 7.47. The third kappa shape index (κ3) is 6.17. The fourth-order valence-electron chi connectivity index (χ4n) is 3.18. The summed E-state index contributed by atoms with van der Waals surface area (Å²) in [6.45, 7) is 0. The number of hydrogen-bond acceptors (Lipinski definition) is 7. The first-order valence-corrected chi connectivity index (χ1v) is 10.7. The van der Waals surface area contributed by atoms with Gasteiger partial charge in [-0.1, -0.05) is 0 Å². The van der Waals surface area contributed by atoms with Crippen LogP contribution in [0.3, 0.4) is 0 Å². The van der Waals surface area contributed by atoms with Crippen molar-refractivity contribution in [1.29, 1.82) is 0 Å². The molecule has 0 aliphatic rings. The van der Waals surface area contributed by atoms with E-state index in [9.17, 15) is 10.2 Å². The Labute approximate surface area is 203 Å². The lowest BCUT2D eigenvalue weighted by Gasteiger charge is -2.06. The van der Waals surface area contributed by atoms with Gasteiger partial charge in [0.05, 0.1) is 25.6 Å². The highest BCUT2D eigenvalue weighted by atomic mass is 16.5. The van der Waals surface area contributed by atoms with Gasteiger partial charge < -0.3 is 24.4 Å². The van der Waals surface area contributed by atoms with Crippen molar-refractivity contribution in [1.82, 2.24) is 0 Å². The molecule has 4 rings (SSSR count). The van der Waals surface area contributed by atoms with E-state index in [1.54, 1.807) is 48.8 Å². The molecule has 0 aliphatic heterocycles. The Hall–Kier alpha value is -4.78. The van der Waals surface area contributed by atoms with Gasteiger partial charge >= 0.3 is 0 Å². The monoisotopic (exact) mass is 468 g/mol. The van der Waals surface area contributed by atoms with Gasteiger partial charge in [0, 0.05) is 12.4 Å². The number of ether oxygens (including phenoxy) is 3. The maximum Gasteiger partial charge on any atom is 0.161 e. The van der Waals surface area contributed by atoms with Crippen molar-refractivity contribution >= 4 is 23.8 Å². The summed E-state index contributed by atoms with van der Waals surface area (Å²) in [6.07, 6.45) is 3.40. The van der Waals surface area contributed by atoms with Crippen molar-refractivity contribution in [2.45, 2.75) is 0 Å². The molecule has 0 unspecified atom stereocenters. The van der Waals surface area contributed by atoms with E-state index in [2.05, 4.69) is 9.98 Å². The van der Waals surface area contributed by atoms with E-state index < -0.39 is 0 Å². The molecule has 0 saturated heterocycles. The molecule has 0 amide bonds. The summed E-state index contributed by atoms with van der Waals surface area (Å²) < 4.78 is 16.1. The lowest BCUT2D eigenvalue weighted by molar-refractivity contribution is 0.373. The third-order valence-electron chi connectivity index (χ3n) is 5.04. The van der Waals surface area contributed by atoms with Crippen LogP contribution < -0.4 is 14.2 Å². The number of phenols is 2. The molecular formula is C28H24N2O5. The largest absolute Gasteiger partial charge is 0.504 e. The quantitative estimate of drug-likeness (QED) is 0.292. The van der Waals surface area contributed by atoms with E-state index in [0.717, 1.165) is 22.5 Å². The molecule has 0 atom stereocenters. The molecular weight excluding hydrogens is 444 g/mol. The van der Waals surface area contributed by atoms with E-state index in [1.807, 2.05) is 48.5 Å². The minimum Gasteiger partial charge on any atom is -0.504 e. The zero-order valence-electron chi connectivity index (χ0n) is 19.3. The molecule has 0 bridgehead atoms. The molecule has 0 spiro atoms. The summed E-state index contributed by atoms with van der Waals surface area (Å²) in [4.78, 5) is 8.89. The number of benzene rings is 4. The molecule has 7 heteroatoms. The van der Waals surface area contributed by atoms with Gasteiger partial charge in [-0.2, -0.15) is 0 Å². The van der Waals surface area contributed by atoms with E-state index in [0.29, 0.717) is 23.0 Å². The summed E-state index contributed by atoms with van der Waals surface area (Å²) in [5.41, 5.74) is 3.15. The predicted octanol–water partition coefficient (Wildman–Crippen LogP) is 6.41. The number of aromatic hydroxyl groups is 2. The highest BCUT2D eigenvalue weighted by molar-refractivity contribution is 5.83. The fraction of sp³-hybridized carbons (Fsp3) is 0.0714. The van der Waals surface area contributed by atoms with Crippen molar-refractivity contribution in [2.24, 2.45) is 9.98 Å². The minimum absolute atomic E-state index is 0.0870. The van der Waals surface area contributed by atoms with Crippen LogP contribution in [0.15, 0.2) is 94.9 Å². The van der Waals surface area contributed by atoms with Crippen LogP contribution >= 0.6 is 0 Å². The summed E-state index contributed by atoms with van der Waals surface area (Å²) in [6, 6.07) is 24.9. The Morgan fingerprint density at radius 1 is 0.571 bits per heavy atom. The SMILES string of the molecule is COc1cc(C=Nc2ccc(Oc3ccc(N=Cc4ccc(O)c(OC)c4)cc3)cc2)ccc1O. The Morgan fingerprint density at radius 3 is 1.34 bits per heavy atom. The van der Waals surface area contributed by atoms with Crippen LogP contribution in [0.4, 0.5) is 11.4 Å². The molecule has 0 aromatic heterocycles. The maximum atomic E-state index is 9.69.